The number of hydrogen-bond donors (Lipinski definition) is 0. The van der Waals surface area contributed by atoms with Crippen molar-refractivity contribution >= 4 is 21.7 Å². The molecule has 0 spiro atoms. The summed E-state index contributed by atoms with van der Waals surface area (Å²) < 4.78 is 52.1. The minimum absolute atomic E-state index is 0.127. The third kappa shape index (κ3) is 3.07. The Morgan fingerprint density at radius 2 is 1.75 bits per heavy atom. The molecule has 2 rings (SSSR count). The molecular weight excluding hydrogens is 340 g/mol. The van der Waals surface area contributed by atoms with Gasteiger partial charge in [0.25, 0.3) is 0 Å². The van der Waals surface area contributed by atoms with E-state index in [2.05, 4.69) is 15.9 Å². The molecule has 0 aliphatic carbocycles. The van der Waals surface area contributed by atoms with Crippen LogP contribution in [0.2, 0.25) is 0 Å². The normalized spacial score (nSPS) is 11.4. The topological polar surface area (TPSA) is 17.1 Å². The number of carbonyl (C=O) groups is 1. The van der Waals surface area contributed by atoms with Gasteiger partial charge in [0, 0.05) is 15.6 Å². The summed E-state index contributed by atoms with van der Waals surface area (Å²) in [7, 11) is 0. The van der Waals surface area contributed by atoms with E-state index in [-0.39, 0.29) is 10.0 Å². The molecule has 0 aliphatic rings. The number of carbonyl (C=O) groups excluding carboxylic acids is 1. The van der Waals surface area contributed by atoms with Crippen molar-refractivity contribution in [1.29, 1.82) is 0 Å². The molecule has 0 bridgehead atoms. The van der Waals surface area contributed by atoms with Crippen molar-refractivity contribution in [3.8, 4) is 0 Å². The van der Waals surface area contributed by atoms with Crippen LogP contribution in [0.15, 0.2) is 46.9 Å². The Morgan fingerprint density at radius 3 is 2.35 bits per heavy atom. The summed E-state index contributed by atoms with van der Waals surface area (Å²) in [6, 6.07) is 7.80. The molecule has 104 valence electrons. The maximum atomic E-state index is 13.1. The van der Waals surface area contributed by atoms with Crippen molar-refractivity contribution in [3.63, 3.8) is 0 Å². The van der Waals surface area contributed by atoms with E-state index in [9.17, 15) is 22.4 Å². The Labute approximate surface area is 120 Å². The second kappa shape index (κ2) is 5.36. The van der Waals surface area contributed by atoms with E-state index in [0.29, 0.717) is 0 Å². The second-order valence-electron chi connectivity index (χ2n) is 4.03. The van der Waals surface area contributed by atoms with E-state index in [1.54, 1.807) is 0 Å². The molecule has 2 aromatic carbocycles. The smallest absolute Gasteiger partial charge is 0.289 e. The zero-order chi connectivity index (χ0) is 14.9. The third-order valence-corrected chi connectivity index (χ3v) is 3.11. The molecule has 0 fully saturated rings. The average molecular weight is 347 g/mol. The maximum absolute atomic E-state index is 13.1. The van der Waals surface area contributed by atoms with Gasteiger partial charge in [-0.3, -0.25) is 4.79 Å². The molecule has 0 unspecified atom stereocenters. The molecule has 0 radical (unpaired) electrons. The van der Waals surface area contributed by atoms with Gasteiger partial charge in [-0.05, 0) is 30.3 Å². The molecular formula is C14H7BrF4O. The summed E-state index contributed by atoms with van der Waals surface area (Å²) in [6.45, 7) is 0. The molecule has 20 heavy (non-hydrogen) atoms. The van der Waals surface area contributed by atoms with Crippen molar-refractivity contribution in [2.45, 2.75) is 6.18 Å². The van der Waals surface area contributed by atoms with Gasteiger partial charge in [0.15, 0.2) is 5.78 Å². The summed E-state index contributed by atoms with van der Waals surface area (Å²) >= 11 is 2.93. The fourth-order valence-corrected chi connectivity index (χ4v) is 2.10. The highest BCUT2D eigenvalue weighted by Crippen LogP contribution is 2.34. The van der Waals surface area contributed by atoms with Gasteiger partial charge in [-0.15, -0.1) is 0 Å². The SMILES string of the molecule is O=C(c1cccc(F)c1)c1ccc(Br)cc1C(F)(F)F. The van der Waals surface area contributed by atoms with Gasteiger partial charge in [0.05, 0.1) is 5.56 Å². The predicted molar refractivity (Wildman–Crippen MR) is 69.0 cm³/mol. The van der Waals surface area contributed by atoms with Crippen LogP contribution in [0.25, 0.3) is 0 Å². The number of rotatable bonds is 2. The minimum Gasteiger partial charge on any atom is -0.289 e. The van der Waals surface area contributed by atoms with E-state index in [0.717, 1.165) is 24.3 Å². The highest BCUT2D eigenvalue weighted by molar-refractivity contribution is 9.10. The van der Waals surface area contributed by atoms with Gasteiger partial charge in [-0.2, -0.15) is 13.2 Å². The maximum Gasteiger partial charge on any atom is 0.417 e. The molecule has 0 N–H and O–H groups in total. The van der Waals surface area contributed by atoms with Crippen LogP contribution in [-0.4, -0.2) is 5.78 Å². The largest absolute Gasteiger partial charge is 0.417 e. The second-order valence-corrected chi connectivity index (χ2v) is 4.94. The molecule has 1 nitrogen and oxygen atoms in total. The molecule has 0 saturated carbocycles. The first kappa shape index (κ1) is 14.7. The van der Waals surface area contributed by atoms with E-state index < -0.39 is 28.9 Å². The molecule has 6 heteroatoms. The van der Waals surface area contributed by atoms with Crippen molar-refractivity contribution in [2.75, 3.05) is 0 Å². The lowest BCUT2D eigenvalue weighted by molar-refractivity contribution is -0.137. The highest BCUT2D eigenvalue weighted by Gasteiger charge is 2.35. The van der Waals surface area contributed by atoms with Crippen LogP contribution < -0.4 is 0 Å². The number of hydrogen-bond acceptors (Lipinski definition) is 1. The number of alkyl halides is 3. The Bertz CT molecular complexity index is 664. The first-order chi connectivity index (χ1) is 9.29. The minimum atomic E-state index is -4.66. The van der Waals surface area contributed by atoms with E-state index in [1.807, 2.05) is 0 Å². The van der Waals surface area contributed by atoms with Crippen molar-refractivity contribution in [3.05, 3.63) is 69.4 Å². The summed E-state index contributed by atoms with van der Waals surface area (Å²) in [5.41, 5.74) is -1.69. The molecule has 2 aromatic rings. The monoisotopic (exact) mass is 346 g/mol. The van der Waals surface area contributed by atoms with E-state index >= 15 is 0 Å². The lowest BCUT2D eigenvalue weighted by Gasteiger charge is -2.12. The van der Waals surface area contributed by atoms with Crippen LogP contribution >= 0.6 is 15.9 Å². The standard InChI is InChI=1S/C14H7BrF4O/c15-9-4-5-11(12(7-9)14(17,18)19)13(20)8-2-1-3-10(16)6-8/h1-7H. The van der Waals surface area contributed by atoms with E-state index in [1.165, 1.54) is 18.2 Å². The summed E-state index contributed by atoms with van der Waals surface area (Å²) in [6.07, 6.45) is -4.66. The number of benzene rings is 2. The quantitative estimate of drug-likeness (QED) is 0.561. The first-order valence-electron chi connectivity index (χ1n) is 5.46. The Hall–Kier alpha value is -1.69. The molecule has 0 aliphatic heterocycles. The lowest BCUT2D eigenvalue weighted by atomic mass is 9.98. The fraction of sp³-hybridized carbons (Fsp3) is 0.0714. The van der Waals surface area contributed by atoms with Gasteiger partial charge in [-0.25, -0.2) is 4.39 Å². The zero-order valence-corrected chi connectivity index (χ0v) is 11.4. The molecule has 0 aromatic heterocycles. The molecule has 0 heterocycles. The number of ketones is 1. The van der Waals surface area contributed by atoms with Crippen LogP contribution in [0.5, 0.6) is 0 Å². The Kier molecular flexibility index (Phi) is 3.94. The molecule has 0 atom stereocenters. The van der Waals surface area contributed by atoms with Gasteiger partial charge in [-0.1, -0.05) is 28.1 Å². The summed E-state index contributed by atoms with van der Waals surface area (Å²) in [5, 5.41) is 0. The third-order valence-electron chi connectivity index (χ3n) is 2.62. The van der Waals surface area contributed by atoms with Crippen LogP contribution in [0.3, 0.4) is 0 Å². The highest BCUT2D eigenvalue weighted by atomic mass is 79.9. The van der Waals surface area contributed by atoms with Crippen LogP contribution in [0, 0.1) is 5.82 Å². The lowest BCUT2D eigenvalue weighted by Crippen LogP contribution is -2.14. The van der Waals surface area contributed by atoms with Crippen LogP contribution in [0.1, 0.15) is 21.5 Å². The predicted octanol–water partition coefficient (Wildman–Crippen LogP) is 4.84. The van der Waals surface area contributed by atoms with Gasteiger partial charge in [0.2, 0.25) is 0 Å². The number of halogens is 5. The van der Waals surface area contributed by atoms with Gasteiger partial charge >= 0.3 is 6.18 Å². The van der Waals surface area contributed by atoms with Crippen LogP contribution in [0.4, 0.5) is 17.6 Å². The Balaban J connectivity index is 2.55. The van der Waals surface area contributed by atoms with Gasteiger partial charge < -0.3 is 0 Å². The Morgan fingerprint density at radius 1 is 1.05 bits per heavy atom. The average Bonchev–Trinajstić information content (AvgIpc) is 2.37. The van der Waals surface area contributed by atoms with Crippen molar-refractivity contribution < 1.29 is 22.4 Å². The zero-order valence-electron chi connectivity index (χ0n) is 9.84. The summed E-state index contributed by atoms with van der Waals surface area (Å²) in [4.78, 5) is 12.1. The van der Waals surface area contributed by atoms with E-state index in [4.69, 9.17) is 0 Å². The fourth-order valence-electron chi connectivity index (χ4n) is 1.73. The van der Waals surface area contributed by atoms with Crippen molar-refractivity contribution in [1.82, 2.24) is 0 Å². The first-order valence-corrected chi connectivity index (χ1v) is 6.25. The molecule has 0 amide bonds. The summed E-state index contributed by atoms with van der Waals surface area (Å²) in [5.74, 6) is -1.55. The van der Waals surface area contributed by atoms with Crippen molar-refractivity contribution in [2.24, 2.45) is 0 Å². The van der Waals surface area contributed by atoms with Gasteiger partial charge in [0.1, 0.15) is 5.82 Å². The molecule has 0 saturated heterocycles. The van der Waals surface area contributed by atoms with Crippen LogP contribution in [-0.2, 0) is 6.18 Å².